The van der Waals surface area contributed by atoms with Crippen molar-refractivity contribution in [2.75, 3.05) is 13.6 Å². The predicted octanol–water partition coefficient (Wildman–Crippen LogP) is 1.56. The number of nitrogens with zero attached hydrogens (tertiary/aromatic N) is 1. The summed E-state index contributed by atoms with van der Waals surface area (Å²) < 4.78 is 0. The molecule has 3 nitrogen and oxygen atoms in total. The molecule has 0 aromatic heterocycles. The Kier molecular flexibility index (Phi) is 1.95. The second-order valence-electron chi connectivity index (χ2n) is 3.86. The first-order chi connectivity index (χ1) is 6.64. The van der Waals surface area contributed by atoms with Gasteiger partial charge < -0.3 is 10.2 Å². The van der Waals surface area contributed by atoms with Crippen LogP contribution < -0.4 is 5.32 Å². The van der Waals surface area contributed by atoms with Crippen molar-refractivity contribution in [3.63, 3.8) is 0 Å². The number of carbonyl (C=O) groups excluding carboxylic acids is 1. The maximum Gasteiger partial charge on any atom is 0.318 e. The zero-order chi connectivity index (χ0) is 10.2. The third-order valence-electron chi connectivity index (χ3n) is 3.02. The lowest BCUT2D eigenvalue weighted by atomic mass is 9.92. The van der Waals surface area contributed by atoms with Gasteiger partial charge in [-0.1, -0.05) is 30.3 Å². The molecule has 2 rings (SSSR count). The largest absolute Gasteiger partial charge is 0.335 e. The number of carbonyl (C=O) groups is 1. The first kappa shape index (κ1) is 9.06. The first-order valence-electron chi connectivity index (χ1n) is 4.72. The summed E-state index contributed by atoms with van der Waals surface area (Å²) in [5.74, 6) is 0. The molecular formula is C11H14N2O. The number of hydrogen-bond donors (Lipinski definition) is 1. The van der Waals surface area contributed by atoms with Gasteiger partial charge in [0.05, 0.1) is 5.54 Å². The number of amides is 2. The van der Waals surface area contributed by atoms with Crippen LogP contribution in [-0.4, -0.2) is 24.5 Å². The van der Waals surface area contributed by atoms with Crippen LogP contribution >= 0.6 is 0 Å². The average molecular weight is 190 g/mol. The fraction of sp³-hybridized carbons (Fsp3) is 0.364. The highest BCUT2D eigenvalue weighted by atomic mass is 16.2. The lowest BCUT2D eigenvalue weighted by Gasteiger charge is -2.30. The van der Waals surface area contributed by atoms with E-state index in [1.165, 1.54) is 5.56 Å². The second-order valence-corrected chi connectivity index (χ2v) is 3.86. The third kappa shape index (κ3) is 1.16. The fourth-order valence-corrected chi connectivity index (χ4v) is 1.80. The summed E-state index contributed by atoms with van der Waals surface area (Å²) in [5, 5.41) is 2.85. The Labute approximate surface area is 83.7 Å². The molecule has 0 saturated carbocycles. The van der Waals surface area contributed by atoms with Crippen LogP contribution in [0.2, 0.25) is 0 Å². The van der Waals surface area contributed by atoms with Gasteiger partial charge in [0, 0.05) is 13.6 Å². The lowest BCUT2D eigenvalue weighted by molar-refractivity contribution is 0.189. The molecule has 1 aliphatic heterocycles. The molecule has 1 aromatic rings. The van der Waals surface area contributed by atoms with Crippen molar-refractivity contribution < 1.29 is 4.79 Å². The van der Waals surface area contributed by atoms with Gasteiger partial charge in [-0.05, 0) is 12.5 Å². The second kappa shape index (κ2) is 3.01. The monoisotopic (exact) mass is 190 g/mol. The Morgan fingerprint density at radius 1 is 1.36 bits per heavy atom. The Morgan fingerprint density at radius 3 is 2.50 bits per heavy atom. The Balaban J connectivity index is 2.39. The number of nitrogens with one attached hydrogen (secondary N) is 1. The fourth-order valence-electron chi connectivity index (χ4n) is 1.80. The quantitative estimate of drug-likeness (QED) is 0.716. The predicted molar refractivity (Wildman–Crippen MR) is 55.0 cm³/mol. The number of benzene rings is 1. The SMILES string of the molecule is CN1C(=O)NCC1(C)c1ccccc1. The Bertz CT molecular complexity index is 350. The minimum Gasteiger partial charge on any atom is -0.335 e. The van der Waals surface area contributed by atoms with Crippen LogP contribution in [0.5, 0.6) is 0 Å². The molecule has 3 heteroatoms. The molecule has 0 bridgehead atoms. The van der Waals surface area contributed by atoms with Crippen LogP contribution in [-0.2, 0) is 5.54 Å². The molecule has 1 aliphatic rings. The van der Waals surface area contributed by atoms with E-state index >= 15 is 0 Å². The summed E-state index contributed by atoms with van der Waals surface area (Å²) >= 11 is 0. The van der Waals surface area contributed by atoms with E-state index in [1.54, 1.807) is 4.90 Å². The summed E-state index contributed by atoms with van der Waals surface area (Å²) in [6, 6.07) is 10.1. The molecule has 0 spiro atoms. The molecule has 1 heterocycles. The van der Waals surface area contributed by atoms with Gasteiger partial charge >= 0.3 is 6.03 Å². The van der Waals surface area contributed by atoms with Crippen LogP contribution in [0.1, 0.15) is 12.5 Å². The molecular weight excluding hydrogens is 176 g/mol. The molecule has 0 radical (unpaired) electrons. The summed E-state index contributed by atoms with van der Waals surface area (Å²) in [5.41, 5.74) is 0.957. The normalized spacial score (nSPS) is 26.4. The van der Waals surface area contributed by atoms with Crippen LogP contribution in [0.15, 0.2) is 30.3 Å². The van der Waals surface area contributed by atoms with Crippen molar-refractivity contribution in [2.45, 2.75) is 12.5 Å². The molecule has 14 heavy (non-hydrogen) atoms. The van der Waals surface area contributed by atoms with Crippen molar-refractivity contribution in [3.8, 4) is 0 Å². The van der Waals surface area contributed by atoms with E-state index < -0.39 is 0 Å². The molecule has 1 saturated heterocycles. The van der Waals surface area contributed by atoms with Gasteiger partial charge in [0.25, 0.3) is 0 Å². The summed E-state index contributed by atoms with van der Waals surface area (Å²) in [6.45, 7) is 2.74. The van der Waals surface area contributed by atoms with E-state index in [2.05, 4.69) is 24.4 Å². The van der Waals surface area contributed by atoms with Crippen LogP contribution in [0, 0.1) is 0 Å². The standard InChI is InChI=1S/C11H14N2O/c1-11(8-12-10(14)13(11)2)9-6-4-3-5-7-9/h3-7H,8H2,1-2H3,(H,12,14). The van der Waals surface area contributed by atoms with E-state index in [0.29, 0.717) is 6.54 Å². The van der Waals surface area contributed by atoms with Crippen LogP contribution in [0.25, 0.3) is 0 Å². The van der Waals surface area contributed by atoms with Gasteiger partial charge in [0.15, 0.2) is 0 Å². The van der Waals surface area contributed by atoms with Gasteiger partial charge in [-0.15, -0.1) is 0 Å². The molecule has 2 amide bonds. The van der Waals surface area contributed by atoms with Gasteiger partial charge in [-0.25, -0.2) is 4.79 Å². The van der Waals surface area contributed by atoms with Gasteiger partial charge in [-0.2, -0.15) is 0 Å². The average Bonchev–Trinajstić information content (AvgIpc) is 2.49. The zero-order valence-electron chi connectivity index (χ0n) is 8.45. The smallest absolute Gasteiger partial charge is 0.318 e. The third-order valence-corrected chi connectivity index (χ3v) is 3.02. The molecule has 1 N–H and O–H groups in total. The Morgan fingerprint density at radius 2 is 2.00 bits per heavy atom. The molecule has 74 valence electrons. The zero-order valence-corrected chi connectivity index (χ0v) is 8.45. The van der Waals surface area contributed by atoms with Crippen LogP contribution in [0.3, 0.4) is 0 Å². The van der Waals surface area contributed by atoms with Gasteiger partial charge in [-0.3, -0.25) is 0 Å². The Hall–Kier alpha value is -1.51. The van der Waals surface area contributed by atoms with Crippen molar-refractivity contribution in [1.29, 1.82) is 0 Å². The first-order valence-corrected chi connectivity index (χ1v) is 4.72. The van der Waals surface area contributed by atoms with Crippen molar-refractivity contribution in [1.82, 2.24) is 10.2 Å². The minimum atomic E-state index is -0.210. The summed E-state index contributed by atoms with van der Waals surface area (Å²) in [6.07, 6.45) is 0. The topological polar surface area (TPSA) is 32.3 Å². The minimum absolute atomic E-state index is 0.00338. The molecule has 1 atom stereocenters. The van der Waals surface area contributed by atoms with E-state index in [9.17, 15) is 4.79 Å². The molecule has 1 aromatic carbocycles. The van der Waals surface area contributed by atoms with E-state index in [-0.39, 0.29) is 11.6 Å². The van der Waals surface area contributed by atoms with Crippen molar-refractivity contribution in [2.24, 2.45) is 0 Å². The van der Waals surface area contributed by atoms with E-state index in [1.807, 2.05) is 25.2 Å². The van der Waals surface area contributed by atoms with Gasteiger partial charge in [0.2, 0.25) is 0 Å². The molecule has 1 unspecified atom stereocenters. The summed E-state index contributed by atoms with van der Waals surface area (Å²) in [7, 11) is 1.83. The van der Waals surface area contributed by atoms with Crippen molar-refractivity contribution >= 4 is 6.03 Å². The van der Waals surface area contributed by atoms with Gasteiger partial charge in [0.1, 0.15) is 0 Å². The number of rotatable bonds is 1. The maximum atomic E-state index is 11.4. The maximum absolute atomic E-state index is 11.4. The number of likely N-dealkylation sites (N-methyl/N-ethyl adjacent to an activating group) is 1. The van der Waals surface area contributed by atoms with E-state index in [4.69, 9.17) is 0 Å². The highest BCUT2D eigenvalue weighted by molar-refractivity contribution is 5.77. The highest BCUT2D eigenvalue weighted by Crippen LogP contribution is 2.29. The van der Waals surface area contributed by atoms with Crippen molar-refractivity contribution in [3.05, 3.63) is 35.9 Å². The van der Waals surface area contributed by atoms with Crippen LogP contribution in [0.4, 0.5) is 4.79 Å². The number of hydrogen-bond acceptors (Lipinski definition) is 1. The van der Waals surface area contributed by atoms with E-state index in [0.717, 1.165) is 0 Å². The number of urea groups is 1. The molecule has 1 fully saturated rings. The molecule has 0 aliphatic carbocycles. The highest BCUT2D eigenvalue weighted by Gasteiger charge is 2.40. The summed E-state index contributed by atoms with van der Waals surface area (Å²) in [4.78, 5) is 13.1. The lowest BCUT2D eigenvalue weighted by Crippen LogP contribution is -2.39.